The second-order valence-corrected chi connectivity index (χ2v) is 19.9. The van der Waals surface area contributed by atoms with Crippen molar-refractivity contribution in [3.63, 3.8) is 0 Å². The topological polar surface area (TPSA) is 152 Å². The number of rotatable bonds is 10. The molecule has 13 nitrogen and oxygen atoms in total. The maximum atomic E-state index is 15.3. The predicted octanol–water partition coefficient (Wildman–Crippen LogP) is 6.67. The van der Waals surface area contributed by atoms with Crippen LogP contribution >= 0.6 is 23.2 Å². The Morgan fingerprint density at radius 3 is 2.40 bits per heavy atom. The third-order valence-corrected chi connectivity index (χ3v) is 15.0. The molecule has 4 N–H and O–H groups in total. The van der Waals surface area contributed by atoms with E-state index in [9.17, 15) is 19.8 Å². The Bertz CT molecular complexity index is 2600. The highest BCUT2D eigenvalue weighted by molar-refractivity contribution is 6.31. The number of likely N-dealkylation sites (N-methyl/N-ethyl adjacent to an activating group) is 1. The van der Waals surface area contributed by atoms with Crippen LogP contribution in [-0.4, -0.2) is 116 Å². The van der Waals surface area contributed by atoms with E-state index in [4.69, 9.17) is 32.9 Å². The Morgan fingerprint density at radius 1 is 0.910 bits per heavy atom. The van der Waals surface area contributed by atoms with Crippen LogP contribution in [0.3, 0.4) is 0 Å². The van der Waals surface area contributed by atoms with Crippen molar-refractivity contribution in [1.82, 2.24) is 34.9 Å². The molecule has 0 saturated carbocycles. The summed E-state index contributed by atoms with van der Waals surface area (Å²) in [5.41, 5.74) is 4.90. The van der Waals surface area contributed by atoms with Crippen molar-refractivity contribution in [3.8, 4) is 22.8 Å². The predicted molar refractivity (Wildman–Crippen MR) is 258 cm³/mol. The van der Waals surface area contributed by atoms with Gasteiger partial charge in [-0.25, -0.2) is 4.98 Å². The number of aliphatic hydroxyl groups excluding tert-OH is 2. The lowest BCUT2D eigenvalue weighted by atomic mass is 9.79. The molecule has 3 amide bonds. The second kappa shape index (κ2) is 19.7. The molecule has 1 aliphatic carbocycles. The number of hydrogen-bond acceptors (Lipinski definition) is 9. The van der Waals surface area contributed by atoms with Crippen molar-refractivity contribution in [2.75, 3.05) is 39.8 Å². The summed E-state index contributed by atoms with van der Waals surface area (Å²) in [7, 11) is 4.15. The number of aromatic nitrogens is 2. The van der Waals surface area contributed by atoms with Gasteiger partial charge in [0, 0.05) is 72.8 Å². The Morgan fingerprint density at radius 2 is 1.66 bits per heavy atom. The molecule has 0 spiro atoms. The van der Waals surface area contributed by atoms with Crippen LogP contribution < -0.4 is 15.4 Å². The van der Waals surface area contributed by atoms with Crippen molar-refractivity contribution >= 4 is 40.9 Å². The van der Waals surface area contributed by atoms with Gasteiger partial charge in [-0.05, 0) is 124 Å². The number of nitrogens with zero attached hydrogens (tertiary/aromatic N) is 5. The minimum absolute atomic E-state index is 0.0144. The summed E-state index contributed by atoms with van der Waals surface area (Å²) in [4.78, 5) is 54.5. The normalized spacial score (nSPS) is 25.5. The number of aryl methyl sites for hydroxylation is 1. The van der Waals surface area contributed by atoms with E-state index in [1.807, 2.05) is 66.7 Å². The van der Waals surface area contributed by atoms with Crippen LogP contribution in [-0.2, 0) is 40.8 Å². The lowest BCUT2D eigenvalue weighted by Gasteiger charge is -2.46. The zero-order valence-corrected chi connectivity index (χ0v) is 39.7. The fourth-order valence-corrected chi connectivity index (χ4v) is 11.1. The van der Waals surface area contributed by atoms with Gasteiger partial charge in [-0.2, -0.15) is 0 Å². The summed E-state index contributed by atoms with van der Waals surface area (Å²) < 4.78 is 8.68. The summed E-state index contributed by atoms with van der Waals surface area (Å²) >= 11 is 12.9. The second-order valence-electron chi connectivity index (χ2n) is 19.1. The van der Waals surface area contributed by atoms with Crippen LogP contribution in [0.1, 0.15) is 72.5 Å². The summed E-state index contributed by atoms with van der Waals surface area (Å²) in [6, 6.07) is 26.2. The number of fused-ring (bicyclic) bond motifs is 3. The summed E-state index contributed by atoms with van der Waals surface area (Å²) in [6.07, 6.45) is 3.74. The smallest absolute Gasteiger partial charge is 0.245 e. The summed E-state index contributed by atoms with van der Waals surface area (Å²) in [5.74, 6) is 0.350. The summed E-state index contributed by atoms with van der Waals surface area (Å²) in [6.45, 7) is 3.66. The number of piperidine rings is 1. The highest BCUT2D eigenvalue weighted by Crippen LogP contribution is 2.43. The molecule has 4 aliphatic rings. The fraction of sp³-hybridized carbons (Fsp3) is 0.423. The van der Waals surface area contributed by atoms with E-state index in [-0.39, 0.29) is 31.3 Å². The number of imidazole rings is 1. The van der Waals surface area contributed by atoms with Gasteiger partial charge in [-0.3, -0.25) is 19.3 Å². The molecular weight excluding hydrogens is 890 g/mol. The van der Waals surface area contributed by atoms with Crippen molar-refractivity contribution in [1.29, 1.82) is 0 Å². The Hall–Kier alpha value is -5.28. The first-order valence-corrected chi connectivity index (χ1v) is 24.1. The number of carbonyl (C=O) groups is 3. The van der Waals surface area contributed by atoms with Crippen LogP contribution in [0.2, 0.25) is 10.0 Å². The zero-order valence-electron chi connectivity index (χ0n) is 38.2. The highest BCUT2D eigenvalue weighted by atomic mass is 35.5. The molecule has 6 atom stereocenters. The van der Waals surface area contributed by atoms with Gasteiger partial charge in [0.2, 0.25) is 17.7 Å². The molecule has 3 fully saturated rings. The number of amides is 3. The molecule has 9 rings (SSSR count). The van der Waals surface area contributed by atoms with Crippen molar-refractivity contribution < 1.29 is 29.3 Å². The molecule has 4 heterocycles. The van der Waals surface area contributed by atoms with Gasteiger partial charge >= 0.3 is 0 Å². The van der Waals surface area contributed by atoms with E-state index in [1.54, 1.807) is 42.2 Å². The standard InChI is InChI=1S/C52H59Cl2N7O6/c1-32-49(64)56-44(30-62)50(65)57-52(25-33-9-15-38(53)16-10-33)21-6-22-60(31-52)51(66)43(42-20-14-34-7-4-5-8-41(34)42)24-47(63)61(32)29-36-11-17-39(54)23-46(36)67-40-18-12-35(13-19-40)45-26-55-48(59(45)3)37-27-58(2)28-37/h4-5,7-13,15-19,23,26,32,37,42-44,47,62-63H,6,14,20-22,24-25,27-31H2,1-3H3,(H,56,64)(H,57,65)/t32-,42+,43-,44-,47?,52+/m0/s1. The largest absolute Gasteiger partial charge is 0.457 e. The number of aliphatic hydroxyl groups is 2. The number of ether oxygens (including phenoxy) is 1. The molecule has 67 heavy (non-hydrogen) atoms. The molecule has 3 aliphatic heterocycles. The lowest BCUT2D eigenvalue weighted by molar-refractivity contribution is -0.146. The van der Waals surface area contributed by atoms with E-state index in [1.165, 1.54) is 5.56 Å². The first-order valence-electron chi connectivity index (χ1n) is 23.3. The van der Waals surface area contributed by atoms with Crippen LogP contribution in [0.5, 0.6) is 11.5 Å². The van der Waals surface area contributed by atoms with Gasteiger partial charge in [0.15, 0.2) is 0 Å². The van der Waals surface area contributed by atoms with Gasteiger partial charge in [-0.1, -0.05) is 65.7 Å². The monoisotopic (exact) mass is 947 g/mol. The van der Waals surface area contributed by atoms with Crippen molar-refractivity contribution in [2.45, 2.75) is 87.7 Å². The highest BCUT2D eigenvalue weighted by Gasteiger charge is 2.45. The third-order valence-electron chi connectivity index (χ3n) is 14.5. The first-order chi connectivity index (χ1) is 32.3. The molecule has 5 aromatic rings. The lowest BCUT2D eigenvalue weighted by Crippen LogP contribution is -2.65. The molecule has 0 radical (unpaired) electrons. The van der Waals surface area contributed by atoms with Gasteiger partial charge in [0.05, 0.1) is 30.1 Å². The molecule has 15 heteroatoms. The third kappa shape index (κ3) is 10.00. The minimum atomic E-state index is -1.30. The maximum absolute atomic E-state index is 15.3. The average molecular weight is 949 g/mol. The number of hydrogen-bond donors (Lipinski definition) is 4. The number of nitrogens with one attached hydrogen (secondary N) is 2. The number of likely N-dealkylation sites (tertiary alicyclic amines) is 1. The van der Waals surface area contributed by atoms with Gasteiger partial charge in [0.25, 0.3) is 0 Å². The Balaban J connectivity index is 1.03. The average Bonchev–Trinajstić information content (AvgIpc) is 3.92. The number of benzene rings is 4. The van der Waals surface area contributed by atoms with Crippen LogP contribution in [0.15, 0.2) is 97.2 Å². The molecule has 1 aromatic heterocycles. The SMILES string of the molecule is C[C@H]1C(=O)N[C@@H](CO)C(=O)N[C@@]2(Cc3ccc(Cl)cc3)CCCN(C2)C(=O)[C@H]([C@@H]2CCc3ccccc32)CC(O)N1Cc1ccc(Cl)cc1Oc1ccc(-c2cnc(C3CN(C)C3)n2C)cc1. The fourth-order valence-electron chi connectivity index (χ4n) is 10.8. The summed E-state index contributed by atoms with van der Waals surface area (Å²) in [5, 5.41) is 30.3. The van der Waals surface area contributed by atoms with E-state index >= 15 is 4.79 Å². The van der Waals surface area contributed by atoms with Crippen molar-refractivity contribution in [2.24, 2.45) is 13.0 Å². The maximum Gasteiger partial charge on any atom is 0.245 e. The Labute approximate surface area is 402 Å². The van der Waals surface area contributed by atoms with E-state index in [0.717, 1.165) is 54.1 Å². The molecule has 1 unspecified atom stereocenters. The molecule has 352 valence electrons. The van der Waals surface area contributed by atoms with Crippen LogP contribution in [0.4, 0.5) is 0 Å². The molecule has 3 saturated heterocycles. The molecule has 4 aromatic carbocycles. The van der Waals surface area contributed by atoms with Gasteiger partial charge < -0.3 is 40.0 Å². The van der Waals surface area contributed by atoms with Crippen LogP contribution in [0, 0.1) is 5.92 Å². The first kappa shape index (κ1) is 46.8. The van der Waals surface area contributed by atoms with Crippen LogP contribution in [0.25, 0.3) is 11.3 Å². The Kier molecular flexibility index (Phi) is 13.8. The minimum Gasteiger partial charge on any atom is -0.457 e. The quantitative estimate of drug-likeness (QED) is 0.120. The van der Waals surface area contributed by atoms with E-state index in [2.05, 4.69) is 39.3 Å². The van der Waals surface area contributed by atoms with Gasteiger partial charge in [0.1, 0.15) is 29.6 Å². The van der Waals surface area contributed by atoms with E-state index < -0.39 is 48.2 Å². The number of carbonyl (C=O) groups excluding carboxylic acids is 3. The zero-order chi connectivity index (χ0) is 47.0. The molecular formula is C52H59Cl2N7O6. The number of halogens is 2. The van der Waals surface area contributed by atoms with E-state index in [0.29, 0.717) is 58.8 Å². The van der Waals surface area contributed by atoms with Crippen molar-refractivity contribution in [3.05, 3.63) is 135 Å². The van der Waals surface area contributed by atoms with Gasteiger partial charge in [-0.15, -0.1) is 0 Å². The molecule has 2 bridgehead atoms.